The lowest BCUT2D eigenvalue weighted by atomic mass is 10.2. The molecule has 7 heteroatoms. The number of carbonyl (C=O) groups is 1. The van der Waals surface area contributed by atoms with Gasteiger partial charge in [-0.1, -0.05) is 6.07 Å². The number of carbonyl (C=O) groups excluding carboxylic acids is 1. The molecule has 0 saturated carbocycles. The van der Waals surface area contributed by atoms with Crippen LogP contribution in [0, 0.1) is 17.0 Å². The number of nitro groups is 1. The summed E-state index contributed by atoms with van der Waals surface area (Å²) in [5, 5.41) is 15.9. The zero-order valence-corrected chi connectivity index (χ0v) is 10.3. The summed E-state index contributed by atoms with van der Waals surface area (Å²) in [5.41, 5.74) is 1.22. The zero-order valence-electron chi connectivity index (χ0n) is 9.52. The van der Waals surface area contributed by atoms with Gasteiger partial charge in [0, 0.05) is 12.1 Å². The van der Waals surface area contributed by atoms with Crippen LogP contribution in [0.1, 0.15) is 5.56 Å². The minimum atomic E-state index is -0.493. The first-order valence-electron chi connectivity index (χ1n) is 4.74. The van der Waals surface area contributed by atoms with E-state index in [1.165, 1.54) is 12.1 Å². The van der Waals surface area contributed by atoms with Gasteiger partial charge in [-0.3, -0.25) is 14.9 Å². The minimum Gasteiger partial charge on any atom is -0.324 e. The number of nitro benzene ring substituents is 1. The molecule has 0 aromatic heterocycles. The SMILES string of the molecule is CNCC(=O)Nc1cc([N+](=O)[O-])ccc1C.Cl. The Kier molecular flexibility index (Phi) is 6.16. The number of rotatable bonds is 4. The monoisotopic (exact) mass is 259 g/mol. The summed E-state index contributed by atoms with van der Waals surface area (Å²) in [5.74, 6) is -0.230. The molecule has 0 saturated heterocycles. The zero-order chi connectivity index (χ0) is 12.1. The summed E-state index contributed by atoms with van der Waals surface area (Å²) < 4.78 is 0. The number of aryl methyl sites for hydroxylation is 1. The van der Waals surface area contributed by atoms with E-state index in [0.29, 0.717) is 5.69 Å². The molecule has 0 spiro atoms. The van der Waals surface area contributed by atoms with Crippen LogP contribution in [0.3, 0.4) is 0 Å². The maximum Gasteiger partial charge on any atom is 0.271 e. The molecule has 17 heavy (non-hydrogen) atoms. The van der Waals surface area contributed by atoms with Gasteiger partial charge in [0.15, 0.2) is 0 Å². The molecule has 0 fully saturated rings. The number of benzene rings is 1. The predicted octanol–water partition coefficient (Wildman–Crippen LogP) is 1.48. The molecule has 2 N–H and O–H groups in total. The van der Waals surface area contributed by atoms with Crippen LogP contribution in [0.5, 0.6) is 0 Å². The third-order valence-electron chi connectivity index (χ3n) is 2.04. The second-order valence-corrected chi connectivity index (χ2v) is 3.33. The van der Waals surface area contributed by atoms with Crippen molar-refractivity contribution in [3.8, 4) is 0 Å². The maximum absolute atomic E-state index is 11.3. The summed E-state index contributed by atoms with van der Waals surface area (Å²) in [6.07, 6.45) is 0. The molecule has 0 aliphatic heterocycles. The Morgan fingerprint density at radius 3 is 2.65 bits per heavy atom. The van der Waals surface area contributed by atoms with Crippen LogP contribution in [-0.4, -0.2) is 24.4 Å². The molecule has 0 heterocycles. The summed E-state index contributed by atoms with van der Waals surface area (Å²) >= 11 is 0. The van der Waals surface area contributed by atoms with Gasteiger partial charge in [-0.15, -0.1) is 12.4 Å². The molecule has 0 bridgehead atoms. The smallest absolute Gasteiger partial charge is 0.271 e. The van der Waals surface area contributed by atoms with Crippen LogP contribution < -0.4 is 10.6 Å². The van der Waals surface area contributed by atoms with Crippen LogP contribution in [0.2, 0.25) is 0 Å². The number of non-ortho nitro benzene ring substituents is 1. The van der Waals surface area contributed by atoms with Gasteiger partial charge < -0.3 is 10.6 Å². The van der Waals surface area contributed by atoms with Gasteiger partial charge in [0.05, 0.1) is 17.2 Å². The Balaban J connectivity index is 0.00000256. The van der Waals surface area contributed by atoms with E-state index in [1.807, 2.05) is 0 Å². The second-order valence-electron chi connectivity index (χ2n) is 3.33. The van der Waals surface area contributed by atoms with E-state index >= 15 is 0 Å². The van der Waals surface area contributed by atoms with Gasteiger partial charge in [0.2, 0.25) is 5.91 Å². The summed E-state index contributed by atoms with van der Waals surface area (Å²) in [6.45, 7) is 1.95. The number of halogens is 1. The highest BCUT2D eigenvalue weighted by Crippen LogP contribution is 2.21. The molecule has 1 aromatic carbocycles. The fourth-order valence-corrected chi connectivity index (χ4v) is 1.21. The van der Waals surface area contributed by atoms with E-state index in [2.05, 4.69) is 10.6 Å². The lowest BCUT2D eigenvalue weighted by molar-refractivity contribution is -0.384. The van der Waals surface area contributed by atoms with Crippen LogP contribution in [0.4, 0.5) is 11.4 Å². The van der Waals surface area contributed by atoms with Crippen LogP contribution >= 0.6 is 12.4 Å². The quantitative estimate of drug-likeness (QED) is 0.634. The molecule has 0 atom stereocenters. The van der Waals surface area contributed by atoms with Crippen molar-refractivity contribution >= 4 is 29.7 Å². The highest BCUT2D eigenvalue weighted by molar-refractivity contribution is 5.93. The van der Waals surface area contributed by atoms with Gasteiger partial charge in [-0.25, -0.2) is 0 Å². The van der Waals surface area contributed by atoms with Crippen molar-refractivity contribution in [1.29, 1.82) is 0 Å². The number of anilines is 1. The van der Waals surface area contributed by atoms with Gasteiger partial charge in [0.1, 0.15) is 0 Å². The van der Waals surface area contributed by atoms with E-state index in [1.54, 1.807) is 20.0 Å². The van der Waals surface area contributed by atoms with Gasteiger partial charge in [-0.05, 0) is 19.5 Å². The molecule has 0 radical (unpaired) electrons. The molecular formula is C10H14ClN3O3. The van der Waals surface area contributed by atoms with Crippen molar-refractivity contribution < 1.29 is 9.72 Å². The molecule has 0 unspecified atom stereocenters. The number of nitrogens with one attached hydrogen (secondary N) is 2. The molecule has 94 valence electrons. The first kappa shape index (κ1) is 15.3. The largest absolute Gasteiger partial charge is 0.324 e. The average molecular weight is 260 g/mol. The highest BCUT2D eigenvalue weighted by Gasteiger charge is 2.10. The normalized spacial score (nSPS) is 9.29. The molecule has 1 rings (SSSR count). The first-order chi connectivity index (χ1) is 7.54. The third kappa shape index (κ3) is 4.38. The van der Waals surface area contributed by atoms with Crippen molar-refractivity contribution in [3.63, 3.8) is 0 Å². The van der Waals surface area contributed by atoms with Gasteiger partial charge in [0.25, 0.3) is 5.69 Å². The number of amides is 1. The predicted molar refractivity (Wildman–Crippen MR) is 67.6 cm³/mol. The summed E-state index contributed by atoms with van der Waals surface area (Å²) in [6, 6.07) is 4.36. The van der Waals surface area contributed by atoms with Crippen molar-refractivity contribution in [1.82, 2.24) is 5.32 Å². The lowest BCUT2D eigenvalue weighted by Gasteiger charge is -2.07. The highest BCUT2D eigenvalue weighted by atomic mass is 35.5. The molecule has 6 nitrogen and oxygen atoms in total. The Morgan fingerprint density at radius 1 is 1.47 bits per heavy atom. The number of likely N-dealkylation sites (N-methyl/N-ethyl adjacent to an activating group) is 1. The van der Waals surface area contributed by atoms with Gasteiger partial charge >= 0.3 is 0 Å². The van der Waals surface area contributed by atoms with E-state index in [-0.39, 0.29) is 30.5 Å². The Hall–Kier alpha value is -1.66. The fourth-order valence-electron chi connectivity index (χ4n) is 1.21. The average Bonchev–Trinajstić information content (AvgIpc) is 2.21. The van der Waals surface area contributed by atoms with E-state index in [0.717, 1.165) is 5.56 Å². The molecule has 0 aliphatic rings. The molecular weight excluding hydrogens is 246 g/mol. The fraction of sp³-hybridized carbons (Fsp3) is 0.300. The summed E-state index contributed by atoms with van der Waals surface area (Å²) in [4.78, 5) is 21.4. The Morgan fingerprint density at radius 2 is 2.12 bits per heavy atom. The lowest BCUT2D eigenvalue weighted by Crippen LogP contribution is -2.25. The van der Waals surface area contributed by atoms with Crippen LogP contribution in [-0.2, 0) is 4.79 Å². The van der Waals surface area contributed by atoms with Gasteiger partial charge in [-0.2, -0.15) is 0 Å². The Labute approximate surface area is 105 Å². The molecule has 0 aliphatic carbocycles. The van der Waals surface area contributed by atoms with Crippen LogP contribution in [0.25, 0.3) is 0 Å². The van der Waals surface area contributed by atoms with E-state index < -0.39 is 4.92 Å². The molecule has 1 aromatic rings. The number of hydrogen-bond donors (Lipinski definition) is 2. The summed E-state index contributed by atoms with van der Waals surface area (Å²) in [7, 11) is 1.65. The van der Waals surface area contributed by atoms with Crippen molar-refractivity contribution in [2.75, 3.05) is 18.9 Å². The minimum absolute atomic E-state index is 0. The van der Waals surface area contributed by atoms with Crippen LogP contribution in [0.15, 0.2) is 18.2 Å². The van der Waals surface area contributed by atoms with Crippen molar-refractivity contribution in [3.05, 3.63) is 33.9 Å². The van der Waals surface area contributed by atoms with E-state index in [9.17, 15) is 14.9 Å². The molecule has 1 amide bonds. The van der Waals surface area contributed by atoms with Crippen molar-refractivity contribution in [2.45, 2.75) is 6.92 Å². The van der Waals surface area contributed by atoms with E-state index in [4.69, 9.17) is 0 Å². The number of nitrogens with zero attached hydrogens (tertiary/aromatic N) is 1. The standard InChI is InChI=1S/C10H13N3O3.ClH/c1-7-3-4-8(13(15)16)5-9(7)12-10(14)6-11-2;/h3-5,11H,6H2,1-2H3,(H,12,14);1H. The third-order valence-corrected chi connectivity index (χ3v) is 2.04. The Bertz CT molecular complexity index is 423. The number of hydrogen-bond acceptors (Lipinski definition) is 4. The maximum atomic E-state index is 11.3. The second kappa shape index (κ2) is 6.82. The topological polar surface area (TPSA) is 84.3 Å². The van der Waals surface area contributed by atoms with Crippen molar-refractivity contribution in [2.24, 2.45) is 0 Å². The first-order valence-corrected chi connectivity index (χ1v) is 4.74.